The van der Waals surface area contributed by atoms with Crippen molar-refractivity contribution in [3.63, 3.8) is 0 Å². The minimum atomic E-state index is -3.56. The van der Waals surface area contributed by atoms with Crippen molar-refractivity contribution in [1.82, 2.24) is 9.88 Å². The summed E-state index contributed by atoms with van der Waals surface area (Å²) in [4.78, 5) is 22.3. The fourth-order valence-electron chi connectivity index (χ4n) is 3.49. The molecule has 2 aromatic carbocycles. The number of thiazole rings is 1. The molecule has 0 unspecified atom stereocenters. The molecule has 0 fully saturated rings. The molecular formula is C23H29Cl2N3O3S2. The zero-order valence-corrected chi connectivity index (χ0v) is 22.4. The third-order valence-electron chi connectivity index (χ3n) is 5.58. The number of aromatic nitrogens is 1. The first kappa shape index (κ1) is 27.5. The molecular weight excluding hydrogens is 501 g/mol. The number of rotatable bonds is 9. The summed E-state index contributed by atoms with van der Waals surface area (Å²) in [6.07, 6.45) is 0. The Labute approximate surface area is 210 Å². The van der Waals surface area contributed by atoms with E-state index in [1.54, 1.807) is 30.0 Å². The Morgan fingerprint density at radius 3 is 2.36 bits per heavy atom. The van der Waals surface area contributed by atoms with Gasteiger partial charge < -0.3 is 4.90 Å². The molecule has 180 valence electrons. The van der Waals surface area contributed by atoms with Gasteiger partial charge in [0.25, 0.3) is 5.91 Å². The number of likely N-dealkylation sites (N-methyl/N-ethyl adjacent to an activating group) is 1. The highest BCUT2D eigenvalue weighted by Crippen LogP contribution is 2.34. The van der Waals surface area contributed by atoms with Gasteiger partial charge in [-0.1, -0.05) is 55.8 Å². The maximum absolute atomic E-state index is 13.7. The third kappa shape index (κ3) is 5.87. The molecule has 33 heavy (non-hydrogen) atoms. The fraction of sp³-hybridized carbons (Fsp3) is 0.391. The molecule has 1 heterocycles. The second-order valence-corrected chi connectivity index (χ2v) is 11.1. The fourth-order valence-corrected chi connectivity index (χ4v) is 5.77. The molecule has 0 bridgehead atoms. The van der Waals surface area contributed by atoms with Crippen LogP contribution in [0, 0.1) is 6.92 Å². The summed E-state index contributed by atoms with van der Waals surface area (Å²) in [5.74, 6) is -0.442. The Balaban J connectivity index is 0.00000385. The topological polar surface area (TPSA) is 70.6 Å². The molecule has 3 aromatic rings. The first-order valence-corrected chi connectivity index (χ1v) is 13.5. The summed E-state index contributed by atoms with van der Waals surface area (Å²) in [6, 6.07) is 10.1. The van der Waals surface area contributed by atoms with Gasteiger partial charge in [-0.15, -0.1) is 12.4 Å². The number of sulfone groups is 1. The van der Waals surface area contributed by atoms with E-state index in [9.17, 15) is 13.2 Å². The van der Waals surface area contributed by atoms with E-state index in [-0.39, 0.29) is 34.5 Å². The average Bonchev–Trinajstić information content (AvgIpc) is 3.23. The first-order chi connectivity index (χ1) is 15.2. The quantitative estimate of drug-likeness (QED) is 0.367. The Kier molecular flexibility index (Phi) is 9.70. The van der Waals surface area contributed by atoms with Crippen LogP contribution in [0.1, 0.15) is 36.7 Å². The van der Waals surface area contributed by atoms with Crippen molar-refractivity contribution in [3.05, 3.63) is 52.5 Å². The molecule has 1 aromatic heterocycles. The first-order valence-electron chi connectivity index (χ1n) is 10.6. The number of fused-ring (bicyclic) bond motifs is 1. The summed E-state index contributed by atoms with van der Waals surface area (Å²) in [6.45, 7) is 10.4. The van der Waals surface area contributed by atoms with Crippen molar-refractivity contribution in [1.29, 1.82) is 0 Å². The van der Waals surface area contributed by atoms with Crippen LogP contribution >= 0.6 is 35.3 Å². The molecule has 0 N–H and O–H groups in total. The highest BCUT2D eigenvalue weighted by atomic mass is 35.5. The van der Waals surface area contributed by atoms with Gasteiger partial charge in [-0.2, -0.15) is 0 Å². The molecule has 0 radical (unpaired) electrons. The molecule has 0 aliphatic heterocycles. The number of hydrogen-bond donors (Lipinski definition) is 0. The van der Waals surface area contributed by atoms with Crippen LogP contribution in [-0.4, -0.2) is 56.1 Å². The second kappa shape index (κ2) is 11.6. The smallest absolute Gasteiger partial charge is 0.261 e. The minimum absolute atomic E-state index is 0. The van der Waals surface area contributed by atoms with E-state index < -0.39 is 9.84 Å². The molecule has 0 spiro atoms. The van der Waals surface area contributed by atoms with Crippen molar-refractivity contribution in [2.24, 2.45) is 0 Å². The summed E-state index contributed by atoms with van der Waals surface area (Å²) >= 11 is 7.68. The van der Waals surface area contributed by atoms with E-state index in [0.29, 0.717) is 23.2 Å². The summed E-state index contributed by atoms with van der Waals surface area (Å²) in [5, 5.41) is 1.15. The number of hydrogen-bond acceptors (Lipinski definition) is 6. The summed E-state index contributed by atoms with van der Waals surface area (Å²) < 4.78 is 26.2. The van der Waals surface area contributed by atoms with Crippen LogP contribution in [0.5, 0.6) is 0 Å². The van der Waals surface area contributed by atoms with Crippen molar-refractivity contribution in [2.75, 3.05) is 36.8 Å². The van der Waals surface area contributed by atoms with Gasteiger partial charge >= 0.3 is 0 Å². The Morgan fingerprint density at radius 2 is 1.73 bits per heavy atom. The SMILES string of the molecule is CCN(CC)CCN(C(=O)c1ccccc1S(=O)(=O)CC)c1nc2c(C)c(Cl)ccc2s1.Cl. The zero-order valence-electron chi connectivity index (χ0n) is 19.2. The Morgan fingerprint density at radius 1 is 1.06 bits per heavy atom. The standard InChI is InChI=1S/C23H28ClN3O3S2.ClH/c1-5-26(6-2)14-15-27(23-25-21-16(4)18(24)12-13-19(21)31-23)22(28)17-10-8-9-11-20(17)32(29,30)7-3;/h8-13H,5-7,14-15H2,1-4H3;1H. The third-order valence-corrected chi connectivity index (χ3v) is 8.82. The van der Waals surface area contributed by atoms with Crippen LogP contribution in [0.4, 0.5) is 5.13 Å². The maximum atomic E-state index is 13.7. The number of halogens is 2. The highest BCUT2D eigenvalue weighted by molar-refractivity contribution is 7.91. The predicted octanol–water partition coefficient (Wildman–Crippen LogP) is 5.46. The van der Waals surface area contributed by atoms with E-state index >= 15 is 0 Å². The maximum Gasteiger partial charge on any atom is 0.261 e. The van der Waals surface area contributed by atoms with Gasteiger partial charge in [0, 0.05) is 18.1 Å². The van der Waals surface area contributed by atoms with E-state index in [2.05, 4.69) is 18.7 Å². The van der Waals surface area contributed by atoms with Gasteiger partial charge in [-0.05, 0) is 49.8 Å². The van der Waals surface area contributed by atoms with E-state index in [0.717, 1.165) is 28.9 Å². The molecule has 0 saturated heterocycles. The van der Waals surface area contributed by atoms with Crippen molar-refractivity contribution in [3.8, 4) is 0 Å². The Bertz CT molecular complexity index is 1220. The van der Waals surface area contributed by atoms with Gasteiger partial charge in [-0.3, -0.25) is 9.69 Å². The van der Waals surface area contributed by atoms with Crippen LogP contribution in [-0.2, 0) is 9.84 Å². The summed E-state index contributed by atoms with van der Waals surface area (Å²) in [5.41, 5.74) is 1.78. The molecule has 1 amide bonds. The molecule has 10 heteroatoms. The van der Waals surface area contributed by atoms with Gasteiger partial charge in [0.2, 0.25) is 0 Å². The molecule has 0 aliphatic carbocycles. The normalized spacial score (nSPS) is 11.6. The van der Waals surface area contributed by atoms with Gasteiger partial charge in [-0.25, -0.2) is 13.4 Å². The zero-order chi connectivity index (χ0) is 23.5. The van der Waals surface area contributed by atoms with Crippen LogP contribution in [0.15, 0.2) is 41.3 Å². The lowest BCUT2D eigenvalue weighted by atomic mass is 10.2. The number of carbonyl (C=O) groups excluding carboxylic acids is 1. The lowest BCUT2D eigenvalue weighted by Gasteiger charge is -2.25. The van der Waals surface area contributed by atoms with Crippen molar-refractivity contribution in [2.45, 2.75) is 32.6 Å². The van der Waals surface area contributed by atoms with E-state index in [4.69, 9.17) is 16.6 Å². The number of nitrogens with zero attached hydrogens (tertiary/aromatic N) is 3. The molecule has 0 atom stereocenters. The number of benzene rings is 2. The molecule has 3 rings (SSSR count). The largest absolute Gasteiger partial charge is 0.302 e. The number of carbonyl (C=O) groups is 1. The highest BCUT2D eigenvalue weighted by Gasteiger charge is 2.27. The minimum Gasteiger partial charge on any atom is -0.302 e. The van der Waals surface area contributed by atoms with E-state index in [1.807, 2.05) is 19.1 Å². The number of amides is 1. The Hall–Kier alpha value is -1.71. The van der Waals surface area contributed by atoms with Crippen molar-refractivity contribution >= 4 is 66.4 Å². The van der Waals surface area contributed by atoms with Crippen LogP contribution in [0.3, 0.4) is 0 Å². The molecule has 0 saturated carbocycles. The van der Waals surface area contributed by atoms with Crippen molar-refractivity contribution < 1.29 is 13.2 Å². The van der Waals surface area contributed by atoms with Crippen LogP contribution in [0.2, 0.25) is 5.02 Å². The van der Waals surface area contributed by atoms with Gasteiger partial charge in [0.15, 0.2) is 15.0 Å². The average molecular weight is 531 g/mol. The van der Waals surface area contributed by atoms with Gasteiger partial charge in [0.05, 0.1) is 26.4 Å². The summed E-state index contributed by atoms with van der Waals surface area (Å²) in [7, 11) is -3.56. The lowest BCUT2D eigenvalue weighted by Crippen LogP contribution is -2.39. The predicted molar refractivity (Wildman–Crippen MR) is 140 cm³/mol. The number of aryl methyl sites for hydroxylation is 1. The number of anilines is 1. The monoisotopic (exact) mass is 529 g/mol. The van der Waals surface area contributed by atoms with Crippen LogP contribution in [0.25, 0.3) is 10.2 Å². The molecule has 0 aliphatic rings. The van der Waals surface area contributed by atoms with E-state index in [1.165, 1.54) is 17.4 Å². The molecule has 6 nitrogen and oxygen atoms in total. The van der Waals surface area contributed by atoms with Crippen LogP contribution < -0.4 is 4.90 Å². The lowest BCUT2D eigenvalue weighted by molar-refractivity contribution is 0.0980. The second-order valence-electron chi connectivity index (χ2n) is 7.40. The van der Waals surface area contributed by atoms with Gasteiger partial charge in [0.1, 0.15) is 0 Å².